The van der Waals surface area contributed by atoms with Gasteiger partial charge in [0.05, 0.1) is 13.7 Å². The summed E-state index contributed by atoms with van der Waals surface area (Å²) in [5.41, 5.74) is 0.0248. The summed E-state index contributed by atoms with van der Waals surface area (Å²) in [5.74, 6) is 0.347. The quantitative estimate of drug-likeness (QED) is 0.838. The van der Waals surface area contributed by atoms with E-state index in [0.29, 0.717) is 16.3 Å². The maximum Gasteiger partial charge on any atom is 0.162 e. The zero-order chi connectivity index (χ0) is 11.6. The van der Waals surface area contributed by atoms with Gasteiger partial charge in [-0.2, -0.15) is 0 Å². The van der Waals surface area contributed by atoms with Gasteiger partial charge in [-0.1, -0.05) is 25.4 Å². The zero-order valence-electron chi connectivity index (χ0n) is 9.04. The Bertz CT molecular complexity index is 361. The smallest absolute Gasteiger partial charge is 0.162 e. The summed E-state index contributed by atoms with van der Waals surface area (Å²) in [5, 5.41) is 19.6. The molecule has 0 aliphatic heterocycles. The largest absolute Gasteiger partial charge is 0.504 e. The van der Waals surface area contributed by atoms with Crippen molar-refractivity contribution in [2.75, 3.05) is 13.7 Å². The Hall–Kier alpha value is -0.930. The number of aromatic hydroxyl groups is 1. The summed E-state index contributed by atoms with van der Waals surface area (Å²) >= 11 is 5.89. The summed E-state index contributed by atoms with van der Waals surface area (Å²) in [6, 6.07) is 3.17. The lowest BCUT2D eigenvalue weighted by molar-refractivity contribution is 0.214. The monoisotopic (exact) mass is 230 g/mol. The van der Waals surface area contributed by atoms with Crippen LogP contribution in [0.3, 0.4) is 0 Å². The highest BCUT2D eigenvalue weighted by Crippen LogP contribution is 2.39. The van der Waals surface area contributed by atoms with E-state index in [4.69, 9.17) is 16.3 Å². The number of phenols is 1. The molecular formula is C11H15ClO3. The fraction of sp³-hybridized carbons (Fsp3) is 0.455. The van der Waals surface area contributed by atoms with Crippen LogP contribution in [0.25, 0.3) is 0 Å². The molecule has 0 radical (unpaired) electrons. The molecule has 0 bridgehead atoms. The number of phenolic OH excluding ortho intramolecular Hbond substituents is 1. The Kier molecular flexibility index (Phi) is 3.47. The summed E-state index contributed by atoms with van der Waals surface area (Å²) in [4.78, 5) is 0. The van der Waals surface area contributed by atoms with Gasteiger partial charge < -0.3 is 14.9 Å². The molecule has 0 saturated heterocycles. The SMILES string of the molecule is COc1cc(Cl)cc(C(C)(C)CO)c1O. The van der Waals surface area contributed by atoms with E-state index >= 15 is 0 Å². The van der Waals surface area contributed by atoms with Gasteiger partial charge in [0, 0.05) is 22.1 Å². The number of ether oxygens (including phenoxy) is 1. The van der Waals surface area contributed by atoms with Crippen molar-refractivity contribution in [3.8, 4) is 11.5 Å². The maximum absolute atomic E-state index is 9.89. The first-order valence-electron chi connectivity index (χ1n) is 4.60. The van der Waals surface area contributed by atoms with Crippen LogP contribution in [0, 0.1) is 0 Å². The lowest BCUT2D eigenvalue weighted by Gasteiger charge is -2.24. The Labute approximate surface area is 94.3 Å². The van der Waals surface area contributed by atoms with Gasteiger partial charge in [-0.25, -0.2) is 0 Å². The highest BCUT2D eigenvalue weighted by Gasteiger charge is 2.25. The highest BCUT2D eigenvalue weighted by molar-refractivity contribution is 6.30. The second kappa shape index (κ2) is 4.29. The van der Waals surface area contributed by atoms with E-state index in [1.165, 1.54) is 13.2 Å². The number of benzene rings is 1. The molecule has 0 aliphatic carbocycles. The second-order valence-corrected chi connectivity index (χ2v) is 4.48. The molecule has 0 fully saturated rings. The highest BCUT2D eigenvalue weighted by atomic mass is 35.5. The molecule has 3 nitrogen and oxygen atoms in total. The van der Waals surface area contributed by atoms with Crippen molar-refractivity contribution in [2.45, 2.75) is 19.3 Å². The van der Waals surface area contributed by atoms with Crippen molar-refractivity contribution < 1.29 is 14.9 Å². The maximum atomic E-state index is 9.89. The van der Waals surface area contributed by atoms with Gasteiger partial charge in [-0.3, -0.25) is 0 Å². The number of hydrogen-bond donors (Lipinski definition) is 2. The number of methoxy groups -OCH3 is 1. The first-order chi connectivity index (χ1) is 6.92. The lowest BCUT2D eigenvalue weighted by atomic mass is 9.85. The van der Waals surface area contributed by atoms with E-state index in [1.54, 1.807) is 6.07 Å². The van der Waals surface area contributed by atoms with Gasteiger partial charge in [0.25, 0.3) is 0 Å². The number of aliphatic hydroxyl groups excluding tert-OH is 1. The zero-order valence-corrected chi connectivity index (χ0v) is 9.80. The molecule has 0 unspecified atom stereocenters. The molecule has 1 rings (SSSR count). The minimum atomic E-state index is -0.553. The van der Waals surface area contributed by atoms with Crippen molar-refractivity contribution in [1.29, 1.82) is 0 Å². The van der Waals surface area contributed by atoms with Crippen molar-refractivity contribution in [3.05, 3.63) is 22.7 Å². The third-order valence-corrected chi connectivity index (χ3v) is 2.60. The van der Waals surface area contributed by atoms with Gasteiger partial charge >= 0.3 is 0 Å². The number of hydrogen-bond acceptors (Lipinski definition) is 3. The molecular weight excluding hydrogens is 216 g/mol. The Morgan fingerprint density at radius 3 is 2.47 bits per heavy atom. The van der Waals surface area contributed by atoms with Gasteiger partial charge in [0.1, 0.15) is 0 Å². The van der Waals surface area contributed by atoms with Crippen LogP contribution in [0.15, 0.2) is 12.1 Å². The Morgan fingerprint density at radius 2 is 2.00 bits per heavy atom. The first kappa shape index (κ1) is 12.1. The molecule has 0 atom stereocenters. The molecule has 1 aromatic rings. The van der Waals surface area contributed by atoms with Crippen molar-refractivity contribution in [3.63, 3.8) is 0 Å². The average molecular weight is 231 g/mol. The fourth-order valence-corrected chi connectivity index (χ4v) is 1.54. The minimum Gasteiger partial charge on any atom is -0.504 e. The van der Waals surface area contributed by atoms with E-state index < -0.39 is 5.41 Å². The molecule has 0 aromatic heterocycles. The first-order valence-corrected chi connectivity index (χ1v) is 4.98. The van der Waals surface area contributed by atoms with E-state index in [1.807, 2.05) is 13.8 Å². The number of halogens is 1. The van der Waals surface area contributed by atoms with Crippen LogP contribution in [0.5, 0.6) is 11.5 Å². The molecule has 1 aromatic carbocycles. The summed E-state index contributed by atoms with van der Waals surface area (Å²) in [7, 11) is 1.46. The summed E-state index contributed by atoms with van der Waals surface area (Å²) in [6.45, 7) is 3.56. The predicted molar refractivity (Wildman–Crippen MR) is 59.8 cm³/mol. The molecule has 2 N–H and O–H groups in total. The Balaban J connectivity index is 3.35. The Morgan fingerprint density at radius 1 is 1.40 bits per heavy atom. The van der Waals surface area contributed by atoms with Crippen molar-refractivity contribution >= 4 is 11.6 Å². The summed E-state index contributed by atoms with van der Waals surface area (Å²) < 4.78 is 4.99. The van der Waals surface area contributed by atoms with Crippen LogP contribution in [0.4, 0.5) is 0 Å². The fourth-order valence-electron chi connectivity index (χ4n) is 1.33. The van der Waals surface area contributed by atoms with Crippen molar-refractivity contribution in [1.82, 2.24) is 0 Å². The predicted octanol–water partition coefficient (Wildman–Crippen LogP) is 2.32. The molecule has 4 heteroatoms. The van der Waals surface area contributed by atoms with Gasteiger partial charge in [0.2, 0.25) is 0 Å². The topological polar surface area (TPSA) is 49.7 Å². The van der Waals surface area contributed by atoms with E-state index in [0.717, 1.165) is 0 Å². The standard InChI is InChI=1S/C11H15ClO3/c1-11(2,6-13)8-4-7(12)5-9(15-3)10(8)14/h4-5,13-14H,6H2,1-3H3. The molecule has 0 heterocycles. The normalized spacial score (nSPS) is 11.5. The number of aliphatic hydroxyl groups is 1. The minimum absolute atomic E-state index is 0.0287. The van der Waals surface area contributed by atoms with Gasteiger partial charge in [-0.05, 0) is 6.07 Å². The molecule has 0 amide bonds. The van der Waals surface area contributed by atoms with Gasteiger partial charge in [-0.15, -0.1) is 0 Å². The molecule has 0 aliphatic rings. The third-order valence-electron chi connectivity index (χ3n) is 2.38. The molecule has 0 spiro atoms. The van der Waals surface area contributed by atoms with Crippen LogP contribution in [0.1, 0.15) is 19.4 Å². The molecule has 0 saturated carbocycles. The van der Waals surface area contributed by atoms with Crippen LogP contribution < -0.4 is 4.74 Å². The molecule has 15 heavy (non-hydrogen) atoms. The molecule has 84 valence electrons. The van der Waals surface area contributed by atoms with E-state index in [9.17, 15) is 10.2 Å². The second-order valence-electron chi connectivity index (χ2n) is 4.05. The van der Waals surface area contributed by atoms with Crippen molar-refractivity contribution in [2.24, 2.45) is 0 Å². The van der Waals surface area contributed by atoms with Crippen LogP contribution in [-0.4, -0.2) is 23.9 Å². The average Bonchev–Trinajstić information content (AvgIpc) is 2.20. The third kappa shape index (κ3) is 2.36. The van der Waals surface area contributed by atoms with E-state index in [2.05, 4.69) is 0 Å². The van der Waals surface area contributed by atoms with E-state index in [-0.39, 0.29) is 12.4 Å². The lowest BCUT2D eigenvalue weighted by Crippen LogP contribution is -2.22. The summed E-state index contributed by atoms with van der Waals surface area (Å²) in [6.07, 6.45) is 0. The van der Waals surface area contributed by atoms with Crippen LogP contribution in [0.2, 0.25) is 5.02 Å². The van der Waals surface area contributed by atoms with Crippen LogP contribution >= 0.6 is 11.6 Å². The number of rotatable bonds is 3. The van der Waals surface area contributed by atoms with Gasteiger partial charge in [0.15, 0.2) is 11.5 Å². The van der Waals surface area contributed by atoms with Crippen LogP contribution in [-0.2, 0) is 5.41 Å².